The van der Waals surface area contributed by atoms with E-state index in [-0.39, 0.29) is 12.4 Å². The van der Waals surface area contributed by atoms with Gasteiger partial charge >= 0.3 is 5.97 Å². The van der Waals surface area contributed by atoms with E-state index in [1.54, 1.807) is 0 Å². The number of hydrogen-bond donors (Lipinski definition) is 0. The van der Waals surface area contributed by atoms with Gasteiger partial charge in [0, 0.05) is 13.3 Å². The molecular weight excluding hydrogens is 178 g/mol. The molecule has 0 aromatic rings. The maximum Gasteiger partial charge on any atom is 0.302 e. The molecule has 0 aliphatic carbocycles. The molecule has 0 saturated heterocycles. The highest BCUT2D eigenvalue weighted by atomic mass is 19.3. The zero-order valence-electron chi connectivity index (χ0n) is 8.11. The predicted molar refractivity (Wildman–Crippen MR) is 45.7 cm³/mol. The van der Waals surface area contributed by atoms with Crippen molar-refractivity contribution >= 4 is 5.97 Å². The average Bonchev–Trinajstić information content (AvgIpc) is 1.93. The molecule has 0 aliphatic rings. The van der Waals surface area contributed by atoms with Crippen molar-refractivity contribution in [3.05, 3.63) is 0 Å². The maximum absolute atomic E-state index is 12.3. The standard InChI is InChI=1S/C9H16F2O2/c1-8(12)13-7-5-3-4-6-9(2,10)11/h3-7H2,1-2H3. The van der Waals surface area contributed by atoms with E-state index in [9.17, 15) is 13.6 Å². The summed E-state index contributed by atoms with van der Waals surface area (Å²) < 4.78 is 29.2. The molecule has 0 aromatic carbocycles. The first-order valence-corrected chi connectivity index (χ1v) is 4.43. The fourth-order valence-electron chi connectivity index (χ4n) is 0.930. The summed E-state index contributed by atoms with van der Waals surface area (Å²) in [5.41, 5.74) is 0. The summed E-state index contributed by atoms with van der Waals surface area (Å²) in [5.74, 6) is -2.89. The molecular formula is C9H16F2O2. The van der Waals surface area contributed by atoms with Crippen LogP contribution in [0.1, 0.15) is 39.5 Å². The maximum atomic E-state index is 12.3. The van der Waals surface area contributed by atoms with Crippen LogP contribution in [0, 0.1) is 0 Å². The van der Waals surface area contributed by atoms with Crippen molar-refractivity contribution in [3.63, 3.8) is 0 Å². The molecule has 0 spiro atoms. The van der Waals surface area contributed by atoms with Crippen LogP contribution in [0.25, 0.3) is 0 Å². The van der Waals surface area contributed by atoms with Crippen LogP contribution in [0.4, 0.5) is 8.78 Å². The molecule has 0 aliphatic heterocycles. The van der Waals surface area contributed by atoms with Crippen LogP contribution in [0.3, 0.4) is 0 Å². The SMILES string of the molecule is CC(=O)OCCCCCC(C)(F)F. The summed E-state index contributed by atoms with van der Waals surface area (Å²) in [6.07, 6.45) is 1.73. The first-order chi connectivity index (χ1) is 5.92. The van der Waals surface area contributed by atoms with Crippen molar-refractivity contribution in [1.29, 1.82) is 0 Å². The smallest absolute Gasteiger partial charge is 0.302 e. The van der Waals surface area contributed by atoms with E-state index < -0.39 is 5.92 Å². The van der Waals surface area contributed by atoms with E-state index in [0.29, 0.717) is 25.9 Å². The summed E-state index contributed by atoms with van der Waals surface area (Å²) in [5, 5.41) is 0. The fourth-order valence-corrected chi connectivity index (χ4v) is 0.930. The van der Waals surface area contributed by atoms with E-state index in [4.69, 9.17) is 0 Å². The average molecular weight is 194 g/mol. The third-order valence-electron chi connectivity index (χ3n) is 1.57. The molecule has 0 heterocycles. The highest BCUT2D eigenvalue weighted by molar-refractivity contribution is 5.65. The number of esters is 1. The minimum atomic E-state index is -2.57. The highest BCUT2D eigenvalue weighted by Crippen LogP contribution is 2.20. The van der Waals surface area contributed by atoms with E-state index in [2.05, 4.69) is 4.74 Å². The normalized spacial score (nSPS) is 11.4. The predicted octanol–water partition coefficient (Wildman–Crippen LogP) is 2.77. The highest BCUT2D eigenvalue weighted by Gasteiger charge is 2.19. The molecule has 0 rings (SSSR count). The van der Waals surface area contributed by atoms with Crippen LogP contribution in [0.2, 0.25) is 0 Å². The number of alkyl halides is 2. The number of carbonyl (C=O) groups excluding carboxylic acids is 1. The fraction of sp³-hybridized carbons (Fsp3) is 0.889. The minimum Gasteiger partial charge on any atom is -0.466 e. The first kappa shape index (κ1) is 12.3. The second-order valence-electron chi connectivity index (χ2n) is 3.22. The van der Waals surface area contributed by atoms with E-state index in [1.807, 2.05) is 0 Å². The van der Waals surface area contributed by atoms with Crippen LogP contribution in [-0.2, 0) is 9.53 Å². The van der Waals surface area contributed by atoms with Crippen LogP contribution in [0.15, 0.2) is 0 Å². The van der Waals surface area contributed by atoms with Gasteiger partial charge in [-0.25, -0.2) is 8.78 Å². The third kappa shape index (κ3) is 11.3. The molecule has 0 amide bonds. The number of hydrogen-bond acceptors (Lipinski definition) is 2. The van der Waals surface area contributed by atoms with E-state index in [0.717, 1.165) is 6.92 Å². The lowest BCUT2D eigenvalue weighted by Crippen LogP contribution is -2.09. The summed E-state index contributed by atoms with van der Waals surface area (Å²) in [7, 11) is 0. The van der Waals surface area contributed by atoms with Gasteiger partial charge in [-0.05, 0) is 26.2 Å². The second kappa shape index (κ2) is 5.89. The van der Waals surface area contributed by atoms with Gasteiger partial charge in [-0.3, -0.25) is 4.79 Å². The molecule has 0 N–H and O–H groups in total. The second-order valence-corrected chi connectivity index (χ2v) is 3.22. The molecule has 4 heteroatoms. The Balaban J connectivity index is 3.13. The van der Waals surface area contributed by atoms with Crippen molar-refractivity contribution in [2.45, 2.75) is 45.5 Å². The lowest BCUT2D eigenvalue weighted by atomic mass is 10.1. The Bertz CT molecular complexity index is 152. The van der Waals surface area contributed by atoms with Crippen molar-refractivity contribution in [1.82, 2.24) is 0 Å². The van der Waals surface area contributed by atoms with Gasteiger partial charge in [0.25, 0.3) is 0 Å². The van der Waals surface area contributed by atoms with Crippen LogP contribution in [0.5, 0.6) is 0 Å². The minimum absolute atomic E-state index is 0.0902. The quantitative estimate of drug-likeness (QED) is 0.480. The number of halogens is 2. The number of carbonyl (C=O) groups is 1. The van der Waals surface area contributed by atoms with Crippen molar-refractivity contribution in [2.75, 3.05) is 6.61 Å². The largest absolute Gasteiger partial charge is 0.466 e. The molecule has 0 unspecified atom stereocenters. The summed E-state index contributed by atoms with van der Waals surface area (Å²) in [6, 6.07) is 0. The van der Waals surface area contributed by atoms with Crippen molar-refractivity contribution in [3.8, 4) is 0 Å². The Morgan fingerprint density at radius 2 is 1.92 bits per heavy atom. The van der Waals surface area contributed by atoms with Crippen molar-refractivity contribution in [2.24, 2.45) is 0 Å². The van der Waals surface area contributed by atoms with Crippen LogP contribution < -0.4 is 0 Å². The van der Waals surface area contributed by atoms with Crippen LogP contribution >= 0.6 is 0 Å². The molecule has 0 atom stereocenters. The molecule has 0 radical (unpaired) electrons. The number of unbranched alkanes of at least 4 members (excludes halogenated alkanes) is 2. The Morgan fingerprint density at radius 1 is 1.31 bits per heavy atom. The van der Waals surface area contributed by atoms with Gasteiger partial charge in [-0.2, -0.15) is 0 Å². The molecule has 2 nitrogen and oxygen atoms in total. The van der Waals surface area contributed by atoms with Gasteiger partial charge < -0.3 is 4.74 Å². The monoisotopic (exact) mass is 194 g/mol. The van der Waals surface area contributed by atoms with Gasteiger partial charge in [0.15, 0.2) is 0 Å². The van der Waals surface area contributed by atoms with Gasteiger partial charge in [0.05, 0.1) is 6.61 Å². The Kier molecular flexibility index (Phi) is 5.58. The number of rotatable bonds is 6. The molecule has 13 heavy (non-hydrogen) atoms. The van der Waals surface area contributed by atoms with Crippen molar-refractivity contribution < 1.29 is 18.3 Å². The summed E-state index contributed by atoms with van der Waals surface area (Å²) in [6.45, 7) is 2.59. The first-order valence-electron chi connectivity index (χ1n) is 4.43. The van der Waals surface area contributed by atoms with E-state index >= 15 is 0 Å². The van der Waals surface area contributed by atoms with Gasteiger partial charge in [0.2, 0.25) is 5.92 Å². The van der Waals surface area contributed by atoms with E-state index in [1.165, 1.54) is 6.92 Å². The Labute approximate surface area is 77.3 Å². The zero-order chi connectivity index (χ0) is 10.3. The van der Waals surface area contributed by atoms with Gasteiger partial charge in [-0.1, -0.05) is 0 Å². The molecule has 0 saturated carbocycles. The summed E-state index contributed by atoms with van der Waals surface area (Å²) in [4.78, 5) is 10.3. The molecule has 0 bridgehead atoms. The summed E-state index contributed by atoms with van der Waals surface area (Å²) >= 11 is 0. The molecule has 0 fully saturated rings. The zero-order valence-corrected chi connectivity index (χ0v) is 8.11. The lowest BCUT2D eigenvalue weighted by Gasteiger charge is -2.08. The third-order valence-corrected chi connectivity index (χ3v) is 1.57. The topological polar surface area (TPSA) is 26.3 Å². The molecule has 0 aromatic heterocycles. The Morgan fingerprint density at radius 3 is 2.38 bits per heavy atom. The Hall–Kier alpha value is -0.670. The molecule has 78 valence electrons. The number of ether oxygens (including phenoxy) is 1. The van der Waals surface area contributed by atoms with Gasteiger partial charge in [-0.15, -0.1) is 0 Å². The lowest BCUT2D eigenvalue weighted by molar-refractivity contribution is -0.141. The van der Waals surface area contributed by atoms with Gasteiger partial charge in [0.1, 0.15) is 0 Å². The van der Waals surface area contributed by atoms with Crippen LogP contribution in [-0.4, -0.2) is 18.5 Å².